The highest BCUT2D eigenvalue weighted by Crippen LogP contribution is 2.63. The Morgan fingerprint density at radius 2 is 1.71 bits per heavy atom. The first-order chi connectivity index (χ1) is 16.4. The van der Waals surface area contributed by atoms with E-state index in [2.05, 4.69) is 16.0 Å². The number of rotatable bonds is 7. The van der Waals surface area contributed by atoms with Crippen molar-refractivity contribution in [2.75, 3.05) is 18.5 Å². The first kappa shape index (κ1) is 26.3. The standard InChI is InChI=1S/C25H35N3O7/c1-7-33-20(29)18-17-16(27-22(31)26-15-12-10-9-11-14(15)3)13-25(19(17)18,21(30)34-8-2)28-23(32)35-24(4,5)6/h9-12,16-19H,7-8,13H2,1-6H3,(H,28,32)(H2,26,27,31). The minimum atomic E-state index is -1.54. The molecule has 3 N–H and O–H groups in total. The van der Waals surface area contributed by atoms with Crippen LogP contribution < -0.4 is 16.0 Å². The van der Waals surface area contributed by atoms with E-state index in [0.29, 0.717) is 5.69 Å². The fraction of sp³-hybridized carbons (Fsp3) is 0.600. The second kappa shape index (κ2) is 10.1. The number of aryl methyl sites for hydroxylation is 1. The maximum Gasteiger partial charge on any atom is 0.408 e. The van der Waals surface area contributed by atoms with Crippen LogP contribution in [0, 0.1) is 24.7 Å². The number of nitrogens with one attached hydrogen (secondary N) is 3. The predicted octanol–water partition coefficient (Wildman–Crippen LogP) is 3.14. The van der Waals surface area contributed by atoms with Crippen molar-refractivity contribution >= 4 is 29.8 Å². The van der Waals surface area contributed by atoms with Gasteiger partial charge >= 0.3 is 24.1 Å². The molecule has 2 aliphatic rings. The number of benzene rings is 1. The topological polar surface area (TPSA) is 132 Å². The van der Waals surface area contributed by atoms with E-state index in [4.69, 9.17) is 14.2 Å². The number of carbonyl (C=O) groups is 4. The van der Waals surface area contributed by atoms with Crippen LogP contribution in [0.1, 0.15) is 46.6 Å². The summed E-state index contributed by atoms with van der Waals surface area (Å²) in [6.45, 7) is 10.6. The number of anilines is 1. The maximum absolute atomic E-state index is 13.2. The Kier molecular flexibility index (Phi) is 7.62. The van der Waals surface area contributed by atoms with Crippen molar-refractivity contribution in [1.82, 2.24) is 10.6 Å². The van der Waals surface area contributed by atoms with Crippen molar-refractivity contribution in [3.05, 3.63) is 29.8 Å². The Morgan fingerprint density at radius 1 is 1.06 bits per heavy atom. The number of esters is 2. The average Bonchev–Trinajstić information content (AvgIpc) is 3.42. The zero-order valence-electron chi connectivity index (χ0n) is 21.1. The lowest BCUT2D eigenvalue weighted by Gasteiger charge is -2.33. The number of hydrogen-bond acceptors (Lipinski definition) is 7. The van der Waals surface area contributed by atoms with Crippen molar-refractivity contribution in [3.63, 3.8) is 0 Å². The molecule has 0 heterocycles. The van der Waals surface area contributed by atoms with Crippen LogP contribution >= 0.6 is 0 Å². The van der Waals surface area contributed by atoms with Crippen molar-refractivity contribution in [3.8, 4) is 0 Å². The van der Waals surface area contributed by atoms with E-state index in [1.807, 2.05) is 25.1 Å². The highest BCUT2D eigenvalue weighted by molar-refractivity contribution is 5.93. The van der Waals surface area contributed by atoms with Gasteiger partial charge in [-0.15, -0.1) is 0 Å². The third-order valence-corrected chi connectivity index (χ3v) is 6.28. The molecule has 0 saturated heterocycles. The number of ether oxygens (including phenoxy) is 3. The molecule has 0 spiro atoms. The number of alkyl carbamates (subject to hydrolysis) is 1. The summed E-state index contributed by atoms with van der Waals surface area (Å²) >= 11 is 0. The molecule has 2 saturated carbocycles. The van der Waals surface area contributed by atoms with E-state index in [0.717, 1.165) is 5.56 Å². The van der Waals surface area contributed by atoms with E-state index >= 15 is 0 Å². The Balaban J connectivity index is 1.87. The van der Waals surface area contributed by atoms with Gasteiger partial charge in [-0.3, -0.25) is 4.79 Å². The Hall–Kier alpha value is -3.30. The molecule has 1 aromatic carbocycles. The van der Waals surface area contributed by atoms with E-state index in [9.17, 15) is 19.2 Å². The van der Waals surface area contributed by atoms with Crippen LogP contribution in [-0.2, 0) is 23.8 Å². The number of para-hydroxylation sites is 1. The third-order valence-electron chi connectivity index (χ3n) is 6.28. The Bertz CT molecular complexity index is 990. The molecule has 2 fully saturated rings. The zero-order chi connectivity index (χ0) is 26.0. The molecule has 2 aliphatic carbocycles. The SMILES string of the molecule is CCOC(=O)C1C2C(NC(=O)Nc3ccccc3C)CC(NC(=O)OC(C)(C)C)(C(=O)OCC)C12. The molecule has 10 heteroatoms. The normalized spacial score (nSPS) is 26.7. The summed E-state index contributed by atoms with van der Waals surface area (Å²) < 4.78 is 15.9. The minimum Gasteiger partial charge on any atom is -0.466 e. The van der Waals surface area contributed by atoms with Gasteiger partial charge in [-0.25, -0.2) is 14.4 Å². The van der Waals surface area contributed by atoms with Gasteiger partial charge in [-0.05, 0) is 59.1 Å². The smallest absolute Gasteiger partial charge is 0.408 e. The van der Waals surface area contributed by atoms with Gasteiger partial charge in [0.15, 0.2) is 0 Å². The maximum atomic E-state index is 13.2. The van der Waals surface area contributed by atoms with Crippen LogP contribution in [0.2, 0.25) is 0 Å². The van der Waals surface area contributed by atoms with E-state index in [1.54, 1.807) is 40.7 Å². The van der Waals surface area contributed by atoms with Crippen LogP contribution in [0.5, 0.6) is 0 Å². The van der Waals surface area contributed by atoms with Gasteiger partial charge in [0.2, 0.25) is 0 Å². The lowest BCUT2D eigenvalue weighted by atomic mass is 9.89. The van der Waals surface area contributed by atoms with Gasteiger partial charge in [0.05, 0.1) is 19.1 Å². The molecule has 5 unspecified atom stereocenters. The molecule has 0 radical (unpaired) electrons. The van der Waals surface area contributed by atoms with Gasteiger partial charge in [-0.2, -0.15) is 0 Å². The third kappa shape index (κ3) is 5.68. The molecule has 0 aromatic heterocycles. The Morgan fingerprint density at radius 3 is 2.31 bits per heavy atom. The number of hydrogen-bond donors (Lipinski definition) is 3. The van der Waals surface area contributed by atoms with Crippen molar-refractivity contribution in [1.29, 1.82) is 0 Å². The lowest BCUT2D eigenvalue weighted by Crippen LogP contribution is -2.59. The molecule has 35 heavy (non-hydrogen) atoms. The molecule has 0 bridgehead atoms. The number of amides is 3. The number of urea groups is 1. The summed E-state index contributed by atoms with van der Waals surface area (Å²) in [6, 6.07) is 6.26. The summed E-state index contributed by atoms with van der Waals surface area (Å²) in [5.41, 5.74) is -0.815. The largest absolute Gasteiger partial charge is 0.466 e. The van der Waals surface area contributed by atoms with Gasteiger partial charge in [0.25, 0.3) is 0 Å². The highest BCUT2D eigenvalue weighted by atomic mass is 16.6. The number of fused-ring (bicyclic) bond motifs is 1. The summed E-state index contributed by atoms with van der Waals surface area (Å²) in [4.78, 5) is 51.5. The fourth-order valence-corrected chi connectivity index (χ4v) is 4.97. The second-order valence-corrected chi connectivity index (χ2v) is 9.92. The molecule has 3 amide bonds. The van der Waals surface area contributed by atoms with Gasteiger partial charge in [0, 0.05) is 24.1 Å². The predicted molar refractivity (Wildman–Crippen MR) is 128 cm³/mol. The quantitative estimate of drug-likeness (QED) is 0.396. The van der Waals surface area contributed by atoms with Crippen LogP contribution in [0.15, 0.2) is 24.3 Å². The van der Waals surface area contributed by atoms with Crippen LogP contribution in [0.3, 0.4) is 0 Å². The molecular weight excluding hydrogens is 454 g/mol. The van der Waals surface area contributed by atoms with Gasteiger partial charge in [-0.1, -0.05) is 18.2 Å². The molecule has 10 nitrogen and oxygen atoms in total. The summed E-state index contributed by atoms with van der Waals surface area (Å²) in [5.74, 6) is -2.83. The molecular formula is C25H35N3O7. The first-order valence-electron chi connectivity index (χ1n) is 11.9. The number of carbonyl (C=O) groups excluding carboxylic acids is 4. The van der Waals surface area contributed by atoms with Gasteiger partial charge < -0.3 is 30.2 Å². The highest BCUT2D eigenvalue weighted by Gasteiger charge is 2.76. The van der Waals surface area contributed by atoms with E-state index < -0.39 is 59.0 Å². The lowest BCUT2D eigenvalue weighted by molar-refractivity contribution is -0.153. The first-order valence-corrected chi connectivity index (χ1v) is 11.9. The molecule has 1 aromatic rings. The van der Waals surface area contributed by atoms with Crippen molar-refractivity contribution < 1.29 is 33.4 Å². The second-order valence-electron chi connectivity index (χ2n) is 9.92. The average molecular weight is 490 g/mol. The molecule has 192 valence electrons. The van der Waals surface area contributed by atoms with Crippen molar-refractivity contribution in [2.45, 2.75) is 65.1 Å². The minimum absolute atomic E-state index is 0.0531. The summed E-state index contributed by atoms with van der Waals surface area (Å²) in [6.07, 6.45) is -0.749. The van der Waals surface area contributed by atoms with E-state index in [-0.39, 0.29) is 19.6 Å². The van der Waals surface area contributed by atoms with Crippen LogP contribution in [0.25, 0.3) is 0 Å². The summed E-state index contributed by atoms with van der Waals surface area (Å²) in [7, 11) is 0. The Labute approximate surface area is 205 Å². The summed E-state index contributed by atoms with van der Waals surface area (Å²) in [5, 5.41) is 8.39. The molecule has 0 aliphatic heterocycles. The van der Waals surface area contributed by atoms with Crippen LogP contribution in [-0.4, -0.2) is 54.5 Å². The molecule has 5 atom stereocenters. The fourth-order valence-electron chi connectivity index (χ4n) is 4.97. The van der Waals surface area contributed by atoms with Crippen LogP contribution in [0.4, 0.5) is 15.3 Å². The zero-order valence-corrected chi connectivity index (χ0v) is 21.1. The monoisotopic (exact) mass is 489 g/mol. The molecule has 3 rings (SSSR count). The van der Waals surface area contributed by atoms with Crippen molar-refractivity contribution in [2.24, 2.45) is 17.8 Å². The van der Waals surface area contributed by atoms with E-state index in [1.165, 1.54) is 0 Å². The van der Waals surface area contributed by atoms with Gasteiger partial charge in [0.1, 0.15) is 11.1 Å².